The Kier molecular flexibility index (Phi) is 3.79. The van der Waals surface area contributed by atoms with Crippen LogP contribution in [0.3, 0.4) is 0 Å². The van der Waals surface area contributed by atoms with Gasteiger partial charge in [0.2, 0.25) is 5.95 Å². The molecule has 0 unspecified atom stereocenters. The normalized spacial score (nSPS) is 11.2. The summed E-state index contributed by atoms with van der Waals surface area (Å²) in [5.41, 5.74) is 2.56. The lowest BCUT2D eigenvalue weighted by Gasteiger charge is -2.33. The number of nitrogens with zero attached hydrogens (tertiary/aromatic N) is 5. The second-order valence-corrected chi connectivity index (χ2v) is 4.59. The van der Waals surface area contributed by atoms with Crippen molar-refractivity contribution < 1.29 is 0 Å². The summed E-state index contributed by atoms with van der Waals surface area (Å²) >= 11 is 0. The van der Waals surface area contributed by atoms with Crippen LogP contribution in [0.15, 0.2) is 42.9 Å². The molecule has 0 aliphatic heterocycles. The van der Waals surface area contributed by atoms with Crippen LogP contribution >= 0.6 is 0 Å². The fraction of sp³-hybridized carbons (Fsp3) is 0.267. The molecule has 0 spiro atoms. The van der Waals surface area contributed by atoms with Crippen molar-refractivity contribution in [1.82, 2.24) is 24.9 Å². The molecule has 1 aromatic carbocycles. The molecule has 0 fully saturated rings. The third-order valence-electron chi connectivity index (χ3n) is 3.36. The van der Waals surface area contributed by atoms with Crippen LogP contribution in [0.2, 0.25) is 0 Å². The number of aromatic amines is 1. The quantitative estimate of drug-likeness (QED) is 0.729. The molecule has 0 radical (unpaired) electrons. The number of para-hydroxylation sites is 1. The van der Waals surface area contributed by atoms with E-state index in [1.807, 2.05) is 23.2 Å². The second-order valence-electron chi connectivity index (χ2n) is 4.59. The minimum atomic E-state index is 0.640. The second kappa shape index (κ2) is 5.88. The van der Waals surface area contributed by atoms with Crippen molar-refractivity contribution in [3.8, 4) is 0 Å². The lowest BCUT2D eigenvalue weighted by molar-refractivity contribution is 0.304. The molecule has 6 heteroatoms. The fourth-order valence-electron chi connectivity index (χ4n) is 2.31. The summed E-state index contributed by atoms with van der Waals surface area (Å²) in [6.45, 7) is 5.98. The van der Waals surface area contributed by atoms with Crippen LogP contribution in [0.25, 0.3) is 11.2 Å². The molecule has 0 saturated heterocycles. The molecule has 0 amide bonds. The highest BCUT2D eigenvalue weighted by molar-refractivity contribution is 5.71. The highest BCUT2D eigenvalue weighted by Gasteiger charge is 2.18. The number of H-pyrrole nitrogens is 1. The summed E-state index contributed by atoms with van der Waals surface area (Å²) in [7, 11) is 0. The summed E-state index contributed by atoms with van der Waals surface area (Å²) in [5, 5.41) is 4.23. The van der Waals surface area contributed by atoms with Gasteiger partial charge in [-0.15, -0.1) is 0 Å². The number of aromatic nitrogens is 4. The van der Waals surface area contributed by atoms with Crippen LogP contribution in [-0.4, -0.2) is 38.0 Å². The van der Waals surface area contributed by atoms with E-state index in [4.69, 9.17) is 0 Å². The first kappa shape index (κ1) is 13.5. The van der Waals surface area contributed by atoms with Crippen LogP contribution in [0, 0.1) is 0 Å². The van der Waals surface area contributed by atoms with Gasteiger partial charge in [0, 0.05) is 13.1 Å². The van der Waals surface area contributed by atoms with Crippen molar-refractivity contribution in [1.29, 1.82) is 0 Å². The van der Waals surface area contributed by atoms with Crippen molar-refractivity contribution >= 4 is 22.8 Å². The number of fused-ring (bicyclic) bond motifs is 1. The molecule has 3 aromatic rings. The molecule has 0 saturated carbocycles. The van der Waals surface area contributed by atoms with Crippen molar-refractivity contribution in [2.75, 3.05) is 18.1 Å². The van der Waals surface area contributed by atoms with Gasteiger partial charge >= 0.3 is 0 Å². The van der Waals surface area contributed by atoms with Gasteiger partial charge in [-0.05, 0) is 12.1 Å². The van der Waals surface area contributed by atoms with E-state index < -0.39 is 0 Å². The number of hydrazine groups is 1. The average molecular weight is 282 g/mol. The molecule has 0 aliphatic carbocycles. The predicted molar refractivity (Wildman–Crippen MR) is 83.2 cm³/mol. The summed E-state index contributed by atoms with van der Waals surface area (Å²) in [4.78, 5) is 16.2. The lowest BCUT2D eigenvalue weighted by atomic mass is 10.3. The van der Waals surface area contributed by atoms with Gasteiger partial charge < -0.3 is 4.98 Å². The predicted octanol–water partition coefficient (Wildman–Crippen LogP) is 2.75. The Morgan fingerprint density at radius 1 is 1.05 bits per heavy atom. The largest absolute Gasteiger partial charge is 0.329 e. The molecule has 2 aromatic heterocycles. The van der Waals surface area contributed by atoms with Crippen molar-refractivity contribution in [3.05, 3.63) is 42.9 Å². The summed E-state index contributed by atoms with van der Waals surface area (Å²) in [6, 6.07) is 10.1. The molecule has 3 rings (SSSR count). The van der Waals surface area contributed by atoms with E-state index in [2.05, 4.69) is 50.9 Å². The van der Waals surface area contributed by atoms with Crippen LogP contribution in [0.5, 0.6) is 0 Å². The number of nitrogens with one attached hydrogen (secondary N) is 1. The number of imidazole rings is 1. The van der Waals surface area contributed by atoms with Crippen molar-refractivity contribution in [2.45, 2.75) is 13.8 Å². The number of hydrogen-bond donors (Lipinski definition) is 1. The highest BCUT2D eigenvalue weighted by Crippen LogP contribution is 2.24. The Hall–Kier alpha value is -2.47. The van der Waals surface area contributed by atoms with Crippen molar-refractivity contribution in [3.63, 3.8) is 0 Å². The number of rotatable bonds is 5. The van der Waals surface area contributed by atoms with E-state index in [-0.39, 0.29) is 0 Å². The molecule has 0 aliphatic rings. The number of anilines is 2. The van der Waals surface area contributed by atoms with Gasteiger partial charge in [-0.1, -0.05) is 32.0 Å². The van der Waals surface area contributed by atoms with Gasteiger partial charge in [0.1, 0.15) is 5.52 Å². The standard InChI is InChI=1S/C15H18N6/c1-3-20(4-2)21(12-8-6-5-7-9-12)15-16-10-13-14(19-15)18-11-17-13/h5-11H,3-4H2,1-2H3,(H,16,17,18,19). The zero-order chi connectivity index (χ0) is 14.7. The van der Waals surface area contributed by atoms with Gasteiger partial charge in [-0.3, -0.25) is 0 Å². The minimum Gasteiger partial charge on any atom is -0.329 e. The van der Waals surface area contributed by atoms with E-state index in [0.717, 1.165) is 29.9 Å². The SMILES string of the molecule is CCN(CC)N(c1ccccc1)c1ncc2nc[nH]c2n1. The van der Waals surface area contributed by atoms with Crippen LogP contribution in [0.1, 0.15) is 13.8 Å². The van der Waals surface area contributed by atoms with E-state index in [1.165, 1.54) is 0 Å². The summed E-state index contributed by atoms with van der Waals surface area (Å²) in [5.74, 6) is 0.640. The monoisotopic (exact) mass is 282 g/mol. The van der Waals surface area contributed by atoms with E-state index in [9.17, 15) is 0 Å². The molecule has 21 heavy (non-hydrogen) atoms. The van der Waals surface area contributed by atoms with Crippen LogP contribution in [0.4, 0.5) is 11.6 Å². The Balaban J connectivity index is 2.09. The molecule has 1 N–H and O–H groups in total. The Labute approximate surface area is 123 Å². The average Bonchev–Trinajstić information content (AvgIpc) is 3.00. The summed E-state index contributed by atoms with van der Waals surface area (Å²) < 4.78 is 0. The van der Waals surface area contributed by atoms with Crippen LogP contribution < -0.4 is 5.01 Å². The fourth-order valence-corrected chi connectivity index (χ4v) is 2.31. The molecular formula is C15H18N6. The molecule has 0 bridgehead atoms. The van der Waals surface area contributed by atoms with Gasteiger partial charge in [-0.25, -0.2) is 20.0 Å². The van der Waals surface area contributed by atoms with Gasteiger partial charge in [0.25, 0.3) is 0 Å². The maximum absolute atomic E-state index is 4.58. The first-order valence-electron chi connectivity index (χ1n) is 7.09. The third kappa shape index (κ3) is 2.57. The zero-order valence-electron chi connectivity index (χ0n) is 12.2. The topological polar surface area (TPSA) is 60.9 Å². The third-order valence-corrected chi connectivity index (χ3v) is 3.36. The molecule has 6 nitrogen and oxygen atoms in total. The zero-order valence-corrected chi connectivity index (χ0v) is 12.2. The van der Waals surface area contributed by atoms with E-state index >= 15 is 0 Å². The lowest BCUT2D eigenvalue weighted by Crippen LogP contribution is -2.40. The first-order chi connectivity index (χ1) is 10.3. The van der Waals surface area contributed by atoms with E-state index in [1.54, 1.807) is 12.5 Å². The maximum atomic E-state index is 4.58. The number of hydrogen-bond acceptors (Lipinski definition) is 5. The van der Waals surface area contributed by atoms with E-state index in [0.29, 0.717) is 5.95 Å². The smallest absolute Gasteiger partial charge is 0.247 e. The molecule has 108 valence electrons. The Morgan fingerprint density at radius 2 is 1.81 bits per heavy atom. The minimum absolute atomic E-state index is 0.640. The molecule has 2 heterocycles. The highest BCUT2D eigenvalue weighted by atomic mass is 15.6. The van der Waals surface area contributed by atoms with Gasteiger partial charge in [0.15, 0.2) is 5.65 Å². The summed E-state index contributed by atoms with van der Waals surface area (Å²) in [6.07, 6.45) is 3.38. The van der Waals surface area contributed by atoms with Crippen LogP contribution in [-0.2, 0) is 0 Å². The van der Waals surface area contributed by atoms with Crippen molar-refractivity contribution in [2.24, 2.45) is 0 Å². The molecular weight excluding hydrogens is 264 g/mol. The number of benzene rings is 1. The maximum Gasteiger partial charge on any atom is 0.247 e. The first-order valence-corrected chi connectivity index (χ1v) is 7.09. The molecule has 0 atom stereocenters. The van der Waals surface area contributed by atoms with Gasteiger partial charge in [-0.2, -0.15) is 4.98 Å². The van der Waals surface area contributed by atoms with Gasteiger partial charge in [0.05, 0.1) is 18.2 Å². The Bertz CT molecular complexity index is 704. The Morgan fingerprint density at radius 3 is 2.52 bits per heavy atom.